The largest absolute Gasteiger partial charge is 0.481 e. The van der Waals surface area contributed by atoms with Crippen molar-refractivity contribution in [2.45, 2.75) is 37.1 Å². The summed E-state index contributed by atoms with van der Waals surface area (Å²) in [4.78, 5) is 19.5. The molecule has 6 nitrogen and oxygen atoms in total. The maximum atomic E-state index is 10.8. The number of imidazole rings is 1. The zero-order valence-electron chi connectivity index (χ0n) is 11.7. The molecule has 1 aliphatic rings. The molecule has 0 aromatic carbocycles. The third kappa shape index (κ3) is 3.03. The Morgan fingerprint density at radius 3 is 3.24 bits per heavy atom. The second kappa shape index (κ2) is 6.03. The molecular formula is C14H17N3O3S. The fraction of sp³-hybridized carbons (Fsp3) is 0.500. The van der Waals surface area contributed by atoms with Gasteiger partial charge in [0.15, 0.2) is 5.16 Å². The molecule has 0 saturated carbocycles. The molecule has 1 N–H and O–H groups in total. The molecule has 2 atom stereocenters. The van der Waals surface area contributed by atoms with E-state index in [1.54, 1.807) is 12.4 Å². The summed E-state index contributed by atoms with van der Waals surface area (Å²) in [7, 11) is 0. The van der Waals surface area contributed by atoms with Gasteiger partial charge in [-0.25, -0.2) is 4.98 Å². The molecule has 0 aliphatic carbocycles. The minimum Gasteiger partial charge on any atom is -0.481 e. The van der Waals surface area contributed by atoms with Crippen molar-refractivity contribution >= 4 is 28.8 Å². The molecule has 1 fully saturated rings. The number of carboxylic acids is 1. The van der Waals surface area contributed by atoms with Crippen molar-refractivity contribution in [1.82, 2.24) is 14.5 Å². The fourth-order valence-electron chi connectivity index (χ4n) is 2.72. The van der Waals surface area contributed by atoms with E-state index in [9.17, 15) is 4.79 Å². The van der Waals surface area contributed by atoms with Crippen LogP contribution >= 0.6 is 11.8 Å². The number of nitrogens with zero attached hydrogens (tertiary/aromatic N) is 3. The van der Waals surface area contributed by atoms with Crippen molar-refractivity contribution in [3.8, 4) is 0 Å². The lowest BCUT2D eigenvalue weighted by atomic mass is 10.0. The fourth-order valence-corrected chi connectivity index (χ4v) is 3.52. The SMILES string of the molecule is CC1CC(n2c(SCC(=O)O)nc3cnccc32)CCO1. The average molecular weight is 307 g/mol. The molecule has 1 aliphatic heterocycles. The Morgan fingerprint density at radius 2 is 2.48 bits per heavy atom. The quantitative estimate of drug-likeness (QED) is 0.874. The molecule has 2 unspecified atom stereocenters. The van der Waals surface area contributed by atoms with Crippen molar-refractivity contribution in [1.29, 1.82) is 0 Å². The van der Waals surface area contributed by atoms with Crippen LogP contribution in [0, 0.1) is 0 Å². The summed E-state index contributed by atoms with van der Waals surface area (Å²) in [6, 6.07) is 2.23. The number of thioether (sulfide) groups is 1. The highest BCUT2D eigenvalue weighted by Gasteiger charge is 2.25. The summed E-state index contributed by atoms with van der Waals surface area (Å²) >= 11 is 1.26. The van der Waals surface area contributed by atoms with Crippen LogP contribution in [0.4, 0.5) is 0 Å². The highest BCUT2D eigenvalue weighted by atomic mass is 32.2. The van der Waals surface area contributed by atoms with E-state index >= 15 is 0 Å². The maximum Gasteiger partial charge on any atom is 0.313 e. The van der Waals surface area contributed by atoms with Gasteiger partial charge in [0.1, 0.15) is 5.52 Å². The van der Waals surface area contributed by atoms with Crippen LogP contribution in [0.3, 0.4) is 0 Å². The zero-order chi connectivity index (χ0) is 14.8. The van der Waals surface area contributed by atoms with Gasteiger partial charge >= 0.3 is 5.97 Å². The number of ether oxygens (including phenoxy) is 1. The van der Waals surface area contributed by atoms with E-state index in [-0.39, 0.29) is 17.9 Å². The summed E-state index contributed by atoms with van der Waals surface area (Å²) in [5.41, 5.74) is 1.82. The smallest absolute Gasteiger partial charge is 0.313 e. The highest BCUT2D eigenvalue weighted by molar-refractivity contribution is 7.99. The molecule has 21 heavy (non-hydrogen) atoms. The number of hydrogen-bond donors (Lipinski definition) is 1. The minimum absolute atomic E-state index is 0.00945. The predicted octanol–water partition coefficient (Wildman–Crippen LogP) is 2.35. The molecule has 7 heteroatoms. The predicted molar refractivity (Wildman–Crippen MR) is 79.6 cm³/mol. The zero-order valence-corrected chi connectivity index (χ0v) is 12.5. The Bertz CT molecular complexity index is 658. The van der Waals surface area contributed by atoms with Crippen molar-refractivity contribution in [3.05, 3.63) is 18.5 Å². The lowest BCUT2D eigenvalue weighted by Gasteiger charge is -2.29. The summed E-state index contributed by atoms with van der Waals surface area (Å²) < 4.78 is 7.77. The lowest BCUT2D eigenvalue weighted by Crippen LogP contribution is -2.26. The first-order valence-corrected chi connectivity index (χ1v) is 7.92. The standard InChI is InChI=1S/C14H17N3O3S/c1-9-6-10(3-5-20-9)17-12-2-4-15-7-11(12)16-14(17)21-8-13(18)19/h2,4,7,9-10H,3,5-6,8H2,1H3,(H,18,19). The van der Waals surface area contributed by atoms with Gasteiger partial charge in [0.05, 0.1) is 23.6 Å². The Hall–Kier alpha value is -1.60. The van der Waals surface area contributed by atoms with Gasteiger partial charge in [-0.05, 0) is 25.8 Å². The van der Waals surface area contributed by atoms with E-state index < -0.39 is 5.97 Å². The van der Waals surface area contributed by atoms with Crippen LogP contribution in [0.25, 0.3) is 11.0 Å². The maximum absolute atomic E-state index is 10.8. The van der Waals surface area contributed by atoms with Gasteiger partial charge in [0, 0.05) is 18.8 Å². The van der Waals surface area contributed by atoms with Crippen LogP contribution in [-0.4, -0.2) is 44.1 Å². The minimum atomic E-state index is -0.836. The average Bonchev–Trinajstić information content (AvgIpc) is 2.83. The number of pyridine rings is 1. The first kappa shape index (κ1) is 14.3. The lowest BCUT2D eigenvalue weighted by molar-refractivity contribution is -0.133. The molecular weight excluding hydrogens is 290 g/mol. The number of carbonyl (C=O) groups is 1. The molecule has 3 rings (SSSR count). The van der Waals surface area contributed by atoms with Gasteiger partial charge in [-0.1, -0.05) is 11.8 Å². The van der Waals surface area contributed by atoms with Crippen LogP contribution in [0.2, 0.25) is 0 Å². The van der Waals surface area contributed by atoms with E-state index in [2.05, 4.69) is 21.5 Å². The molecule has 112 valence electrons. The van der Waals surface area contributed by atoms with E-state index in [4.69, 9.17) is 9.84 Å². The third-order valence-corrected chi connectivity index (χ3v) is 4.54. The van der Waals surface area contributed by atoms with E-state index in [1.165, 1.54) is 11.8 Å². The van der Waals surface area contributed by atoms with Gasteiger partial charge in [0.25, 0.3) is 0 Å². The molecule has 3 heterocycles. The summed E-state index contributed by atoms with van der Waals surface area (Å²) in [5, 5.41) is 9.65. The van der Waals surface area contributed by atoms with Gasteiger partial charge in [-0.2, -0.15) is 0 Å². The monoisotopic (exact) mass is 307 g/mol. The first-order valence-electron chi connectivity index (χ1n) is 6.93. The van der Waals surface area contributed by atoms with Crippen molar-refractivity contribution in [2.75, 3.05) is 12.4 Å². The Morgan fingerprint density at radius 1 is 1.62 bits per heavy atom. The van der Waals surface area contributed by atoms with Crippen molar-refractivity contribution in [3.63, 3.8) is 0 Å². The Balaban J connectivity index is 2.00. The number of carboxylic acid groups (broad SMARTS) is 1. The van der Waals surface area contributed by atoms with E-state index in [0.717, 1.165) is 35.6 Å². The van der Waals surface area contributed by atoms with E-state index in [0.29, 0.717) is 0 Å². The van der Waals surface area contributed by atoms with Gasteiger partial charge in [-0.15, -0.1) is 0 Å². The molecule has 1 saturated heterocycles. The van der Waals surface area contributed by atoms with Gasteiger partial charge in [-0.3, -0.25) is 9.78 Å². The Kier molecular flexibility index (Phi) is 4.12. The molecule has 2 aromatic rings. The van der Waals surface area contributed by atoms with Crippen LogP contribution in [-0.2, 0) is 9.53 Å². The van der Waals surface area contributed by atoms with Crippen LogP contribution in [0.15, 0.2) is 23.6 Å². The molecule has 0 radical (unpaired) electrons. The van der Waals surface area contributed by atoms with Crippen LogP contribution in [0.1, 0.15) is 25.8 Å². The summed E-state index contributed by atoms with van der Waals surface area (Å²) in [6.07, 6.45) is 5.50. The van der Waals surface area contributed by atoms with Crippen LogP contribution in [0.5, 0.6) is 0 Å². The highest BCUT2D eigenvalue weighted by Crippen LogP contribution is 2.33. The molecule has 0 amide bonds. The van der Waals surface area contributed by atoms with Crippen molar-refractivity contribution in [2.24, 2.45) is 0 Å². The molecule has 2 aromatic heterocycles. The number of hydrogen-bond acceptors (Lipinski definition) is 5. The second-order valence-corrected chi connectivity index (χ2v) is 6.11. The number of fused-ring (bicyclic) bond motifs is 1. The summed E-state index contributed by atoms with van der Waals surface area (Å²) in [5.74, 6) is -0.827. The van der Waals surface area contributed by atoms with Gasteiger partial charge < -0.3 is 14.4 Å². The molecule has 0 spiro atoms. The normalized spacial score (nSPS) is 22.5. The topological polar surface area (TPSA) is 77.2 Å². The number of aromatic nitrogens is 3. The summed E-state index contributed by atoms with van der Waals surface area (Å²) in [6.45, 7) is 2.79. The number of rotatable bonds is 4. The third-order valence-electron chi connectivity index (χ3n) is 3.61. The molecule has 0 bridgehead atoms. The first-order chi connectivity index (χ1) is 10.1. The van der Waals surface area contributed by atoms with Gasteiger partial charge in [0.2, 0.25) is 0 Å². The Labute approximate surface area is 126 Å². The van der Waals surface area contributed by atoms with E-state index in [1.807, 2.05) is 6.07 Å². The van der Waals surface area contributed by atoms with Crippen molar-refractivity contribution < 1.29 is 14.6 Å². The second-order valence-electron chi connectivity index (χ2n) is 5.17. The number of aliphatic carboxylic acids is 1. The van der Waals surface area contributed by atoms with Crippen LogP contribution < -0.4 is 0 Å².